The fourth-order valence-corrected chi connectivity index (χ4v) is 7.27. The molecule has 0 aliphatic heterocycles. The summed E-state index contributed by atoms with van der Waals surface area (Å²) in [6, 6.07) is 56.1. The Kier molecular flexibility index (Phi) is 5.87. The maximum Gasteiger partial charge on any atom is 0.0972 e. The molecule has 48 heavy (non-hydrogen) atoms. The van der Waals surface area contributed by atoms with Crippen molar-refractivity contribution in [2.24, 2.45) is 0 Å². The highest BCUT2D eigenvalue weighted by molar-refractivity contribution is 6.25. The van der Waals surface area contributed by atoms with Gasteiger partial charge >= 0.3 is 0 Å². The zero-order valence-corrected chi connectivity index (χ0v) is 25.9. The van der Waals surface area contributed by atoms with Crippen LogP contribution in [-0.4, -0.2) is 15.0 Å². The third kappa shape index (κ3) is 4.25. The molecular formula is C45H27N3. The number of hydrogen-bond donors (Lipinski definition) is 0. The summed E-state index contributed by atoms with van der Waals surface area (Å²) in [6.07, 6.45) is 1.82. The van der Waals surface area contributed by atoms with E-state index >= 15 is 0 Å². The molecule has 3 nitrogen and oxygen atoms in total. The molecule has 0 aliphatic rings. The molecular weight excluding hydrogens is 583 g/mol. The molecule has 10 rings (SSSR count). The number of hydrogen-bond acceptors (Lipinski definition) is 3. The minimum absolute atomic E-state index is 0.906. The standard InChI is InChI=1S/C45H27N3/c1-2-26-46-39(9-1)28-10-12-29(13-11-28)40-24-20-33-16-17-34-21-25-41(48-45(34)44(33)47-40)36-8-4-7-35(27-36)37-22-18-32-15-14-30-5-3-6-31-19-23-38(37)43(32)42(30)31/h1-27H. The van der Waals surface area contributed by atoms with Crippen molar-refractivity contribution in [2.75, 3.05) is 0 Å². The van der Waals surface area contributed by atoms with Gasteiger partial charge in [0.2, 0.25) is 0 Å². The van der Waals surface area contributed by atoms with Crippen LogP contribution in [0.25, 0.3) is 99.0 Å². The summed E-state index contributed by atoms with van der Waals surface area (Å²) in [5.41, 5.74) is 10.3. The molecule has 0 saturated carbocycles. The fourth-order valence-electron chi connectivity index (χ4n) is 7.27. The second-order valence-corrected chi connectivity index (χ2v) is 12.4. The van der Waals surface area contributed by atoms with Gasteiger partial charge < -0.3 is 0 Å². The van der Waals surface area contributed by atoms with E-state index in [4.69, 9.17) is 9.97 Å². The smallest absolute Gasteiger partial charge is 0.0972 e. The molecule has 0 spiro atoms. The third-order valence-corrected chi connectivity index (χ3v) is 9.66. The Bertz CT molecular complexity index is 2800. The van der Waals surface area contributed by atoms with Gasteiger partial charge in [-0.3, -0.25) is 4.98 Å². The first-order valence-corrected chi connectivity index (χ1v) is 16.3. The monoisotopic (exact) mass is 609 g/mol. The first-order chi connectivity index (χ1) is 23.8. The zero-order valence-electron chi connectivity index (χ0n) is 25.9. The predicted molar refractivity (Wildman–Crippen MR) is 200 cm³/mol. The Morgan fingerprint density at radius 1 is 0.333 bits per heavy atom. The Labute approximate surface area is 277 Å². The lowest BCUT2D eigenvalue weighted by atomic mass is 9.89. The molecule has 3 heterocycles. The van der Waals surface area contributed by atoms with E-state index in [2.05, 4.69) is 145 Å². The normalized spacial score (nSPS) is 11.8. The van der Waals surface area contributed by atoms with Gasteiger partial charge in [-0.05, 0) is 73.8 Å². The Balaban J connectivity index is 1.07. The Hall–Kier alpha value is -6.45. The molecule has 0 radical (unpaired) electrons. The highest BCUT2D eigenvalue weighted by atomic mass is 14.8. The van der Waals surface area contributed by atoms with Crippen LogP contribution in [0.2, 0.25) is 0 Å². The van der Waals surface area contributed by atoms with Crippen LogP contribution < -0.4 is 0 Å². The van der Waals surface area contributed by atoms with Gasteiger partial charge in [0.1, 0.15) is 0 Å². The second-order valence-electron chi connectivity index (χ2n) is 12.4. The molecule has 7 aromatic carbocycles. The number of pyridine rings is 3. The van der Waals surface area contributed by atoms with Crippen molar-refractivity contribution in [3.8, 4) is 44.9 Å². The van der Waals surface area contributed by atoms with Gasteiger partial charge in [-0.25, -0.2) is 9.97 Å². The SMILES string of the molecule is c1ccc(-c2ccc(-c3ccc4ccc5ccc(-c6cccc(-c7ccc8ccc9cccc%10ccc7c8c9%10)c6)nc5c4n3)cc2)nc1. The van der Waals surface area contributed by atoms with Crippen molar-refractivity contribution in [1.29, 1.82) is 0 Å². The van der Waals surface area contributed by atoms with Crippen molar-refractivity contribution >= 4 is 54.1 Å². The van der Waals surface area contributed by atoms with E-state index < -0.39 is 0 Å². The van der Waals surface area contributed by atoms with Crippen molar-refractivity contribution in [3.63, 3.8) is 0 Å². The maximum absolute atomic E-state index is 5.26. The van der Waals surface area contributed by atoms with E-state index in [1.807, 2.05) is 24.4 Å². The Morgan fingerprint density at radius 3 is 1.60 bits per heavy atom. The number of benzene rings is 7. The summed E-state index contributed by atoms with van der Waals surface area (Å²) < 4.78 is 0. The van der Waals surface area contributed by atoms with Gasteiger partial charge in [-0.1, -0.05) is 127 Å². The van der Waals surface area contributed by atoms with Crippen molar-refractivity contribution in [1.82, 2.24) is 15.0 Å². The van der Waals surface area contributed by atoms with Crippen LogP contribution in [0, 0.1) is 0 Å². The lowest BCUT2D eigenvalue weighted by molar-refractivity contribution is 1.32. The highest BCUT2D eigenvalue weighted by Crippen LogP contribution is 2.40. The van der Waals surface area contributed by atoms with Crippen LogP contribution in [0.4, 0.5) is 0 Å². The van der Waals surface area contributed by atoms with E-state index in [0.717, 1.165) is 55.6 Å². The molecule has 0 atom stereocenters. The van der Waals surface area contributed by atoms with Crippen LogP contribution >= 0.6 is 0 Å². The molecule has 0 amide bonds. The molecule has 3 aromatic heterocycles. The lowest BCUT2D eigenvalue weighted by Gasteiger charge is -2.15. The van der Waals surface area contributed by atoms with E-state index in [1.54, 1.807) is 0 Å². The highest BCUT2D eigenvalue weighted by Gasteiger charge is 2.14. The largest absolute Gasteiger partial charge is 0.256 e. The summed E-state index contributed by atoms with van der Waals surface area (Å²) >= 11 is 0. The first-order valence-electron chi connectivity index (χ1n) is 16.3. The summed E-state index contributed by atoms with van der Waals surface area (Å²) in [7, 11) is 0. The Morgan fingerprint density at radius 2 is 0.896 bits per heavy atom. The van der Waals surface area contributed by atoms with Gasteiger partial charge in [0.05, 0.1) is 28.1 Å². The van der Waals surface area contributed by atoms with Crippen LogP contribution in [-0.2, 0) is 0 Å². The van der Waals surface area contributed by atoms with Crippen LogP contribution in [0.3, 0.4) is 0 Å². The lowest BCUT2D eigenvalue weighted by Crippen LogP contribution is -1.92. The van der Waals surface area contributed by atoms with Crippen LogP contribution in [0.5, 0.6) is 0 Å². The van der Waals surface area contributed by atoms with Gasteiger partial charge in [0.15, 0.2) is 0 Å². The quantitative estimate of drug-likeness (QED) is 0.186. The summed E-state index contributed by atoms with van der Waals surface area (Å²) in [5, 5.41) is 9.92. The van der Waals surface area contributed by atoms with Crippen LogP contribution in [0.1, 0.15) is 0 Å². The van der Waals surface area contributed by atoms with E-state index in [9.17, 15) is 0 Å². The van der Waals surface area contributed by atoms with Gasteiger partial charge in [-0.2, -0.15) is 0 Å². The van der Waals surface area contributed by atoms with E-state index in [1.165, 1.54) is 43.4 Å². The first kappa shape index (κ1) is 26.7. The number of nitrogens with zero attached hydrogens (tertiary/aromatic N) is 3. The number of aromatic nitrogens is 3. The summed E-state index contributed by atoms with van der Waals surface area (Å²) in [5.74, 6) is 0. The maximum atomic E-state index is 5.26. The summed E-state index contributed by atoms with van der Waals surface area (Å²) in [4.78, 5) is 14.9. The number of fused-ring (bicyclic) bond motifs is 3. The predicted octanol–water partition coefficient (Wildman–Crippen LogP) is 11.7. The number of rotatable bonds is 4. The van der Waals surface area contributed by atoms with Crippen molar-refractivity contribution < 1.29 is 0 Å². The molecule has 0 bridgehead atoms. The second kappa shape index (κ2) is 10.5. The molecule has 0 saturated heterocycles. The molecule has 0 aliphatic carbocycles. The molecule has 10 aromatic rings. The average molecular weight is 610 g/mol. The van der Waals surface area contributed by atoms with Crippen molar-refractivity contribution in [2.45, 2.75) is 0 Å². The van der Waals surface area contributed by atoms with Crippen molar-refractivity contribution in [3.05, 3.63) is 164 Å². The van der Waals surface area contributed by atoms with Gasteiger partial charge in [0.25, 0.3) is 0 Å². The molecule has 0 unspecified atom stereocenters. The molecule has 0 fully saturated rings. The van der Waals surface area contributed by atoms with Gasteiger partial charge in [0, 0.05) is 33.7 Å². The minimum atomic E-state index is 0.906. The zero-order chi connectivity index (χ0) is 31.6. The topological polar surface area (TPSA) is 38.7 Å². The van der Waals surface area contributed by atoms with E-state index in [0.29, 0.717) is 0 Å². The van der Waals surface area contributed by atoms with Gasteiger partial charge in [-0.15, -0.1) is 0 Å². The fraction of sp³-hybridized carbons (Fsp3) is 0. The third-order valence-electron chi connectivity index (χ3n) is 9.66. The molecule has 0 N–H and O–H groups in total. The minimum Gasteiger partial charge on any atom is -0.256 e. The molecule has 3 heteroatoms. The average Bonchev–Trinajstić information content (AvgIpc) is 3.17. The molecule has 222 valence electrons. The van der Waals surface area contributed by atoms with E-state index in [-0.39, 0.29) is 0 Å². The summed E-state index contributed by atoms with van der Waals surface area (Å²) in [6.45, 7) is 0. The van der Waals surface area contributed by atoms with Crippen LogP contribution in [0.15, 0.2) is 164 Å².